The molecule has 2 heterocycles. The second-order valence-electron chi connectivity index (χ2n) is 8.20. The van der Waals surface area contributed by atoms with Gasteiger partial charge in [-0.25, -0.2) is 8.42 Å². The Hall–Kier alpha value is -2.23. The fourth-order valence-electron chi connectivity index (χ4n) is 4.02. The number of ether oxygens (including phenoxy) is 1. The summed E-state index contributed by atoms with van der Waals surface area (Å²) in [5, 5.41) is 5.60. The zero-order chi connectivity index (χ0) is 21.3. The Balaban J connectivity index is 1.38. The van der Waals surface area contributed by atoms with Gasteiger partial charge in [0, 0.05) is 25.2 Å². The van der Waals surface area contributed by atoms with E-state index < -0.39 is 16.3 Å². The molecule has 30 heavy (non-hydrogen) atoms. The predicted octanol–water partition coefficient (Wildman–Crippen LogP) is 1.25. The van der Waals surface area contributed by atoms with Gasteiger partial charge in [0.15, 0.2) is 0 Å². The van der Waals surface area contributed by atoms with Crippen LogP contribution in [0.15, 0.2) is 41.8 Å². The molecule has 162 valence electrons. The van der Waals surface area contributed by atoms with Crippen LogP contribution in [0.25, 0.3) is 0 Å². The minimum atomic E-state index is -3.69. The van der Waals surface area contributed by atoms with E-state index in [1.165, 1.54) is 22.5 Å². The summed E-state index contributed by atoms with van der Waals surface area (Å²) >= 11 is 0. The van der Waals surface area contributed by atoms with Crippen molar-refractivity contribution in [3.8, 4) is 0 Å². The Bertz CT molecular complexity index is 926. The Morgan fingerprint density at radius 2 is 1.93 bits per heavy atom. The number of fused-ring (bicyclic) bond motifs is 1. The number of benzene rings is 1. The molecule has 2 N–H and O–H groups in total. The van der Waals surface area contributed by atoms with Gasteiger partial charge in [0.1, 0.15) is 6.23 Å². The largest absolute Gasteiger partial charge is 0.354 e. The number of amides is 2. The maximum Gasteiger partial charge on any atom is 0.251 e. The van der Waals surface area contributed by atoms with Crippen LogP contribution in [-0.4, -0.2) is 56.5 Å². The number of nitrogens with zero attached hydrogens (tertiary/aromatic N) is 1. The molecule has 3 unspecified atom stereocenters. The third-order valence-corrected chi connectivity index (χ3v) is 7.89. The summed E-state index contributed by atoms with van der Waals surface area (Å²) in [5.41, 5.74) is 0.452. The van der Waals surface area contributed by atoms with Crippen LogP contribution in [0.1, 0.15) is 36.0 Å². The zero-order valence-corrected chi connectivity index (χ0v) is 17.6. The smallest absolute Gasteiger partial charge is 0.251 e. The van der Waals surface area contributed by atoms with Crippen LogP contribution in [0.3, 0.4) is 0 Å². The third kappa shape index (κ3) is 4.58. The lowest BCUT2D eigenvalue weighted by Crippen LogP contribution is -2.45. The van der Waals surface area contributed by atoms with E-state index >= 15 is 0 Å². The highest BCUT2D eigenvalue weighted by Gasteiger charge is 2.42. The van der Waals surface area contributed by atoms with E-state index in [2.05, 4.69) is 17.2 Å². The van der Waals surface area contributed by atoms with E-state index in [0.717, 1.165) is 12.8 Å². The van der Waals surface area contributed by atoms with Gasteiger partial charge in [0.25, 0.3) is 5.91 Å². The van der Waals surface area contributed by atoms with Gasteiger partial charge in [-0.1, -0.05) is 6.58 Å². The highest BCUT2D eigenvalue weighted by molar-refractivity contribution is 7.89. The van der Waals surface area contributed by atoms with Gasteiger partial charge in [0.05, 0.1) is 11.0 Å². The van der Waals surface area contributed by atoms with Crippen LogP contribution in [0, 0.1) is 11.8 Å². The third-order valence-electron chi connectivity index (χ3n) is 6.01. The quantitative estimate of drug-likeness (QED) is 0.630. The van der Waals surface area contributed by atoms with Crippen LogP contribution in [-0.2, 0) is 19.6 Å². The number of hydrogen-bond acceptors (Lipinski definition) is 5. The van der Waals surface area contributed by atoms with Gasteiger partial charge in [-0.15, -0.1) is 0 Å². The summed E-state index contributed by atoms with van der Waals surface area (Å²) in [7, 11) is -3.69. The molecule has 0 spiro atoms. The van der Waals surface area contributed by atoms with Gasteiger partial charge in [-0.05, 0) is 67.9 Å². The van der Waals surface area contributed by atoms with Crippen LogP contribution in [0.2, 0.25) is 0 Å². The lowest BCUT2D eigenvalue weighted by Gasteiger charge is -2.33. The van der Waals surface area contributed by atoms with Gasteiger partial charge < -0.3 is 15.4 Å². The molecular weight excluding hydrogens is 406 g/mol. The topological polar surface area (TPSA) is 105 Å². The first-order valence-corrected chi connectivity index (χ1v) is 11.8. The predicted molar refractivity (Wildman–Crippen MR) is 110 cm³/mol. The Labute approximate surface area is 176 Å². The van der Waals surface area contributed by atoms with E-state index in [1.807, 2.05) is 0 Å². The lowest BCUT2D eigenvalue weighted by atomic mass is 9.94. The summed E-state index contributed by atoms with van der Waals surface area (Å²) in [6.45, 7) is 4.75. The van der Waals surface area contributed by atoms with E-state index in [0.29, 0.717) is 37.4 Å². The number of carbonyl (C=O) groups excluding carboxylic acids is 2. The van der Waals surface area contributed by atoms with Crippen molar-refractivity contribution < 1.29 is 22.7 Å². The van der Waals surface area contributed by atoms with Crippen LogP contribution in [0.5, 0.6) is 0 Å². The summed E-state index contributed by atoms with van der Waals surface area (Å²) in [5.74, 6) is 0.311. The molecule has 8 nitrogen and oxygen atoms in total. The van der Waals surface area contributed by atoms with Crippen LogP contribution >= 0.6 is 0 Å². The van der Waals surface area contributed by atoms with E-state index in [-0.39, 0.29) is 35.3 Å². The summed E-state index contributed by atoms with van der Waals surface area (Å²) in [4.78, 5) is 23.8. The first-order valence-electron chi connectivity index (χ1n) is 10.3. The monoisotopic (exact) mass is 433 g/mol. The lowest BCUT2D eigenvalue weighted by molar-refractivity contribution is -0.120. The van der Waals surface area contributed by atoms with Crippen molar-refractivity contribution in [2.75, 3.05) is 19.6 Å². The van der Waals surface area contributed by atoms with E-state index in [1.54, 1.807) is 12.1 Å². The van der Waals surface area contributed by atoms with Gasteiger partial charge in [-0.3, -0.25) is 9.59 Å². The minimum Gasteiger partial charge on any atom is -0.354 e. The number of rotatable bonds is 7. The minimum absolute atomic E-state index is 0.161. The molecule has 1 aromatic rings. The molecule has 3 atom stereocenters. The maximum absolute atomic E-state index is 13.1. The fourth-order valence-corrected chi connectivity index (χ4v) is 5.49. The SMILES string of the molecule is C=CC(=O)NC1CC2CCN(S(=O)(=O)c3ccc(C(=O)NCC4CC4)cc3)CC2O1. The van der Waals surface area contributed by atoms with Crippen molar-refractivity contribution in [2.24, 2.45) is 11.8 Å². The molecule has 0 bridgehead atoms. The van der Waals surface area contributed by atoms with Crippen LogP contribution < -0.4 is 10.6 Å². The number of piperidine rings is 1. The molecule has 2 aliphatic heterocycles. The Morgan fingerprint density at radius 3 is 2.60 bits per heavy atom. The van der Waals surface area contributed by atoms with Crippen molar-refractivity contribution in [3.63, 3.8) is 0 Å². The molecule has 3 aliphatic rings. The van der Waals surface area contributed by atoms with Gasteiger partial charge in [-0.2, -0.15) is 4.31 Å². The number of carbonyl (C=O) groups is 2. The Morgan fingerprint density at radius 1 is 1.20 bits per heavy atom. The molecule has 0 aromatic heterocycles. The molecule has 1 aromatic carbocycles. The fraction of sp³-hybridized carbons (Fsp3) is 0.524. The summed E-state index contributed by atoms with van der Waals surface area (Å²) in [6, 6.07) is 6.07. The van der Waals surface area contributed by atoms with Crippen molar-refractivity contribution in [1.82, 2.24) is 14.9 Å². The van der Waals surface area contributed by atoms with Gasteiger partial charge in [0.2, 0.25) is 15.9 Å². The van der Waals surface area contributed by atoms with E-state index in [9.17, 15) is 18.0 Å². The zero-order valence-electron chi connectivity index (χ0n) is 16.7. The van der Waals surface area contributed by atoms with Crippen molar-refractivity contribution in [3.05, 3.63) is 42.5 Å². The normalized spacial score (nSPS) is 26.6. The first-order chi connectivity index (χ1) is 14.4. The summed E-state index contributed by atoms with van der Waals surface area (Å²) < 4.78 is 33.4. The Kier molecular flexibility index (Phi) is 5.95. The molecule has 2 saturated heterocycles. The first kappa shape index (κ1) is 21.0. The molecule has 1 aliphatic carbocycles. The standard InChI is InChI=1S/C21H27N3O5S/c1-2-19(25)23-20-11-16-9-10-24(13-18(16)29-20)30(27,28)17-7-5-15(6-8-17)21(26)22-12-14-3-4-14/h2,5-8,14,16,18,20H,1,3-4,9-13H2,(H,22,26)(H,23,25). The molecule has 9 heteroatoms. The van der Waals surface area contributed by atoms with Gasteiger partial charge >= 0.3 is 0 Å². The molecule has 2 amide bonds. The number of sulfonamides is 1. The second kappa shape index (κ2) is 8.49. The van der Waals surface area contributed by atoms with E-state index in [4.69, 9.17) is 4.74 Å². The van der Waals surface area contributed by atoms with Crippen molar-refractivity contribution in [1.29, 1.82) is 0 Å². The highest BCUT2D eigenvalue weighted by atomic mass is 32.2. The second-order valence-corrected chi connectivity index (χ2v) is 10.1. The molecule has 4 rings (SSSR count). The van der Waals surface area contributed by atoms with Crippen molar-refractivity contribution in [2.45, 2.75) is 42.9 Å². The molecule has 1 saturated carbocycles. The average molecular weight is 434 g/mol. The molecule has 3 fully saturated rings. The maximum atomic E-state index is 13.1. The molecular formula is C21H27N3O5S. The number of nitrogens with one attached hydrogen (secondary N) is 2. The summed E-state index contributed by atoms with van der Waals surface area (Å²) in [6.07, 6.45) is 4.17. The molecule has 0 radical (unpaired) electrons. The average Bonchev–Trinajstić information content (AvgIpc) is 3.49. The number of hydrogen-bond donors (Lipinski definition) is 2. The van der Waals surface area contributed by atoms with Crippen molar-refractivity contribution >= 4 is 21.8 Å². The van der Waals surface area contributed by atoms with Crippen LogP contribution in [0.4, 0.5) is 0 Å². The highest BCUT2D eigenvalue weighted by Crippen LogP contribution is 2.34.